The van der Waals surface area contributed by atoms with Crippen molar-refractivity contribution < 1.29 is 19.1 Å². The van der Waals surface area contributed by atoms with E-state index in [-0.39, 0.29) is 11.1 Å². The minimum atomic E-state index is -0.281. The fourth-order valence-corrected chi connectivity index (χ4v) is 3.90. The number of nitrogens with zero attached hydrogens (tertiary/aromatic N) is 1. The maximum absolute atomic E-state index is 12.4. The van der Waals surface area contributed by atoms with Crippen molar-refractivity contribution in [1.29, 1.82) is 0 Å². The van der Waals surface area contributed by atoms with E-state index in [1.165, 1.54) is 12.0 Å². The van der Waals surface area contributed by atoms with E-state index in [1.54, 1.807) is 18.2 Å². The van der Waals surface area contributed by atoms with Crippen LogP contribution in [-0.2, 0) is 11.4 Å². The zero-order valence-corrected chi connectivity index (χ0v) is 17.2. The van der Waals surface area contributed by atoms with Gasteiger partial charge in [-0.1, -0.05) is 48.9 Å². The zero-order chi connectivity index (χ0) is 20.1. The lowest BCUT2D eigenvalue weighted by Crippen LogP contribution is -2.28. The number of benzene rings is 2. The third kappa shape index (κ3) is 4.51. The van der Waals surface area contributed by atoms with Crippen LogP contribution in [0.15, 0.2) is 47.4 Å². The van der Waals surface area contributed by atoms with E-state index in [4.69, 9.17) is 21.1 Å². The Morgan fingerprint density at radius 3 is 2.61 bits per heavy atom. The van der Waals surface area contributed by atoms with Gasteiger partial charge in [0.15, 0.2) is 11.5 Å². The molecule has 1 fully saturated rings. The van der Waals surface area contributed by atoms with Crippen LogP contribution in [0.3, 0.4) is 0 Å². The summed E-state index contributed by atoms with van der Waals surface area (Å²) in [6, 6.07) is 13.2. The molecule has 0 bridgehead atoms. The van der Waals surface area contributed by atoms with Crippen molar-refractivity contribution in [3.63, 3.8) is 0 Å². The second kappa shape index (κ2) is 9.17. The van der Waals surface area contributed by atoms with Crippen LogP contribution in [0.2, 0.25) is 5.02 Å². The quantitative estimate of drug-likeness (QED) is 0.566. The fraction of sp³-hybridized carbons (Fsp3) is 0.238. The number of imide groups is 1. The van der Waals surface area contributed by atoms with Gasteiger partial charge in [-0.15, -0.1) is 0 Å². The lowest BCUT2D eigenvalue weighted by molar-refractivity contribution is -0.122. The molecule has 1 saturated heterocycles. The van der Waals surface area contributed by atoms with Crippen LogP contribution in [-0.4, -0.2) is 29.7 Å². The molecule has 7 heteroatoms. The average molecular weight is 418 g/mol. The number of amides is 2. The van der Waals surface area contributed by atoms with E-state index >= 15 is 0 Å². The van der Waals surface area contributed by atoms with Gasteiger partial charge in [0, 0.05) is 6.54 Å². The molecule has 1 aliphatic rings. The van der Waals surface area contributed by atoms with Gasteiger partial charge in [0.1, 0.15) is 6.61 Å². The summed E-state index contributed by atoms with van der Waals surface area (Å²) < 4.78 is 11.3. The number of carbonyl (C=O) groups is 2. The molecule has 28 heavy (non-hydrogen) atoms. The second-order valence-corrected chi connectivity index (χ2v) is 7.54. The molecule has 2 aromatic carbocycles. The second-order valence-electron chi connectivity index (χ2n) is 6.14. The number of methoxy groups -OCH3 is 1. The number of thioether (sulfide) groups is 1. The van der Waals surface area contributed by atoms with Crippen molar-refractivity contribution in [2.75, 3.05) is 13.7 Å². The van der Waals surface area contributed by atoms with Gasteiger partial charge < -0.3 is 9.47 Å². The summed E-state index contributed by atoms with van der Waals surface area (Å²) >= 11 is 7.34. The summed E-state index contributed by atoms with van der Waals surface area (Å²) in [4.78, 5) is 26.0. The van der Waals surface area contributed by atoms with Crippen molar-refractivity contribution in [1.82, 2.24) is 4.90 Å². The molecule has 0 N–H and O–H groups in total. The van der Waals surface area contributed by atoms with Crippen LogP contribution in [0.5, 0.6) is 11.5 Å². The maximum Gasteiger partial charge on any atom is 0.293 e. The summed E-state index contributed by atoms with van der Waals surface area (Å²) in [5, 5.41) is 0.119. The van der Waals surface area contributed by atoms with Gasteiger partial charge in [-0.2, -0.15) is 0 Å². The Morgan fingerprint density at radius 2 is 1.93 bits per heavy atom. The van der Waals surface area contributed by atoms with E-state index in [2.05, 4.69) is 0 Å². The van der Waals surface area contributed by atoms with Crippen LogP contribution in [0.4, 0.5) is 4.79 Å². The number of ether oxygens (including phenoxy) is 2. The number of hydrogen-bond donors (Lipinski definition) is 0. The molecule has 146 valence electrons. The van der Waals surface area contributed by atoms with Crippen LogP contribution >= 0.6 is 23.4 Å². The SMILES string of the molecule is CCCN1C(=O)S/C(=C/c2cc(Cl)c(OCc3ccccc3)c(OC)c2)C1=O. The Hall–Kier alpha value is -2.44. The van der Waals surface area contributed by atoms with Crippen molar-refractivity contribution >= 4 is 40.6 Å². The van der Waals surface area contributed by atoms with Gasteiger partial charge in [0.25, 0.3) is 11.1 Å². The Morgan fingerprint density at radius 1 is 1.18 bits per heavy atom. The third-order valence-electron chi connectivity index (χ3n) is 4.10. The van der Waals surface area contributed by atoms with E-state index in [9.17, 15) is 9.59 Å². The molecule has 0 aliphatic carbocycles. The van der Waals surface area contributed by atoms with Gasteiger partial charge in [0.05, 0.1) is 17.0 Å². The van der Waals surface area contributed by atoms with E-state index in [0.29, 0.717) is 40.1 Å². The molecule has 3 rings (SSSR count). The highest BCUT2D eigenvalue weighted by atomic mass is 35.5. The van der Waals surface area contributed by atoms with Crippen LogP contribution in [0.25, 0.3) is 6.08 Å². The first-order chi connectivity index (χ1) is 13.5. The molecule has 2 aromatic rings. The maximum atomic E-state index is 12.4. The van der Waals surface area contributed by atoms with E-state index in [1.807, 2.05) is 37.3 Å². The highest BCUT2D eigenvalue weighted by molar-refractivity contribution is 8.18. The van der Waals surface area contributed by atoms with Crippen molar-refractivity contribution in [3.8, 4) is 11.5 Å². The summed E-state index contributed by atoms with van der Waals surface area (Å²) in [5.41, 5.74) is 1.67. The molecule has 0 atom stereocenters. The van der Waals surface area contributed by atoms with Crippen molar-refractivity contribution in [3.05, 3.63) is 63.5 Å². The van der Waals surface area contributed by atoms with Gasteiger partial charge in [-0.3, -0.25) is 14.5 Å². The standard InChI is InChI=1S/C21H20ClNO4S/c1-3-9-23-20(24)18(28-21(23)25)12-15-10-16(22)19(17(11-15)26-2)27-13-14-7-5-4-6-8-14/h4-8,10-12H,3,9,13H2,1-2H3/b18-12+. The summed E-state index contributed by atoms with van der Waals surface area (Å²) in [6.45, 7) is 2.69. The van der Waals surface area contributed by atoms with E-state index in [0.717, 1.165) is 23.7 Å². The topological polar surface area (TPSA) is 55.8 Å². The molecule has 1 aliphatic heterocycles. The molecular formula is C21H20ClNO4S. The average Bonchev–Trinajstić information content (AvgIpc) is 2.95. The highest BCUT2D eigenvalue weighted by Crippen LogP contribution is 2.39. The third-order valence-corrected chi connectivity index (χ3v) is 5.28. The Balaban J connectivity index is 1.83. The Kier molecular flexibility index (Phi) is 6.65. The highest BCUT2D eigenvalue weighted by Gasteiger charge is 2.34. The predicted octanol–water partition coefficient (Wildman–Crippen LogP) is 5.37. The largest absolute Gasteiger partial charge is 0.493 e. The van der Waals surface area contributed by atoms with Crippen LogP contribution < -0.4 is 9.47 Å². The molecule has 0 unspecified atom stereocenters. The summed E-state index contributed by atoms with van der Waals surface area (Å²) in [6.07, 6.45) is 2.37. The fourth-order valence-electron chi connectivity index (χ4n) is 2.76. The van der Waals surface area contributed by atoms with Crippen molar-refractivity contribution in [2.24, 2.45) is 0 Å². The Bertz CT molecular complexity index is 914. The lowest BCUT2D eigenvalue weighted by atomic mass is 10.1. The van der Waals surface area contributed by atoms with Gasteiger partial charge in [0.2, 0.25) is 0 Å². The molecular weight excluding hydrogens is 398 g/mol. The number of hydrogen-bond acceptors (Lipinski definition) is 5. The Labute approximate surface area is 173 Å². The predicted molar refractivity (Wildman–Crippen MR) is 112 cm³/mol. The molecule has 0 aromatic heterocycles. The summed E-state index contributed by atoms with van der Waals surface area (Å²) in [7, 11) is 1.53. The summed E-state index contributed by atoms with van der Waals surface area (Å²) in [5.74, 6) is 0.614. The molecule has 0 saturated carbocycles. The molecule has 5 nitrogen and oxygen atoms in total. The van der Waals surface area contributed by atoms with Gasteiger partial charge in [-0.25, -0.2) is 0 Å². The first kappa shape index (κ1) is 20.3. The first-order valence-corrected chi connectivity index (χ1v) is 10.0. The van der Waals surface area contributed by atoms with E-state index < -0.39 is 0 Å². The first-order valence-electron chi connectivity index (χ1n) is 8.83. The molecule has 1 heterocycles. The zero-order valence-electron chi connectivity index (χ0n) is 15.6. The minimum Gasteiger partial charge on any atom is -0.493 e. The molecule has 0 spiro atoms. The number of rotatable bonds is 7. The molecule has 2 amide bonds. The van der Waals surface area contributed by atoms with Crippen molar-refractivity contribution in [2.45, 2.75) is 20.0 Å². The minimum absolute atomic E-state index is 0.251. The molecule has 0 radical (unpaired) electrons. The monoisotopic (exact) mass is 417 g/mol. The van der Waals surface area contributed by atoms with Gasteiger partial charge in [-0.05, 0) is 47.5 Å². The van der Waals surface area contributed by atoms with Crippen LogP contribution in [0.1, 0.15) is 24.5 Å². The smallest absolute Gasteiger partial charge is 0.293 e. The van der Waals surface area contributed by atoms with Crippen LogP contribution in [0, 0.1) is 0 Å². The normalized spacial score (nSPS) is 15.4. The number of halogens is 1. The van der Waals surface area contributed by atoms with Gasteiger partial charge >= 0.3 is 0 Å². The lowest BCUT2D eigenvalue weighted by Gasteiger charge is -2.13. The number of carbonyl (C=O) groups excluding carboxylic acids is 2.